The molecule has 0 saturated carbocycles. The Morgan fingerprint density at radius 3 is 2.26 bits per heavy atom. The maximum atomic E-state index is 12.8. The number of rotatable bonds is 4. The molecule has 7 heteroatoms. The smallest absolute Gasteiger partial charge is 0.354 e. The van der Waals surface area contributed by atoms with Gasteiger partial charge in [0.1, 0.15) is 0 Å². The van der Waals surface area contributed by atoms with Crippen LogP contribution in [0, 0.1) is 5.41 Å². The van der Waals surface area contributed by atoms with Gasteiger partial charge >= 0.3 is 6.18 Å². The lowest BCUT2D eigenvalue weighted by Gasteiger charge is -2.24. The molecule has 0 unspecified atom stereocenters. The van der Waals surface area contributed by atoms with Crippen LogP contribution in [0.25, 0.3) is 0 Å². The molecule has 1 aromatic rings. The van der Waals surface area contributed by atoms with Crippen molar-refractivity contribution in [3.63, 3.8) is 0 Å². The number of nitrogens with zero attached hydrogens (tertiary/aromatic N) is 1. The lowest BCUT2D eigenvalue weighted by molar-refractivity contribution is -0.137. The Hall–Kier alpha value is -2.05. The molecule has 0 heterocycles. The van der Waals surface area contributed by atoms with Crippen molar-refractivity contribution in [2.24, 2.45) is 5.41 Å². The van der Waals surface area contributed by atoms with Crippen LogP contribution in [0.4, 0.5) is 18.9 Å². The molecular weight excluding hydrogens is 309 g/mol. The highest BCUT2D eigenvalue weighted by molar-refractivity contribution is 5.91. The van der Waals surface area contributed by atoms with E-state index in [1.165, 1.54) is 24.0 Å². The van der Waals surface area contributed by atoms with Crippen LogP contribution < -0.4 is 10.2 Å². The Morgan fingerprint density at radius 2 is 1.78 bits per heavy atom. The van der Waals surface area contributed by atoms with Crippen molar-refractivity contribution < 1.29 is 22.8 Å². The molecule has 0 aliphatic carbocycles. The molecular formula is C16H21F3N2O2. The summed E-state index contributed by atoms with van der Waals surface area (Å²) < 4.78 is 38.3. The summed E-state index contributed by atoms with van der Waals surface area (Å²) >= 11 is 0. The van der Waals surface area contributed by atoms with Crippen molar-refractivity contribution in [2.45, 2.75) is 33.9 Å². The molecule has 128 valence electrons. The van der Waals surface area contributed by atoms with Gasteiger partial charge in [-0.15, -0.1) is 0 Å². The van der Waals surface area contributed by atoms with Gasteiger partial charge in [-0.3, -0.25) is 9.59 Å². The predicted molar refractivity (Wildman–Crippen MR) is 81.9 cm³/mol. The highest BCUT2D eigenvalue weighted by Crippen LogP contribution is 2.31. The largest absolute Gasteiger partial charge is 0.416 e. The van der Waals surface area contributed by atoms with Crippen molar-refractivity contribution in [3.05, 3.63) is 29.8 Å². The zero-order chi connectivity index (χ0) is 17.8. The molecule has 0 saturated heterocycles. The number of carbonyl (C=O) groups is 2. The fourth-order valence-electron chi connectivity index (χ4n) is 1.86. The second-order valence-electron chi connectivity index (χ2n) is 6.22. The molecule has 0 spiro atoms. The Morgan fingerprint density at radius 1 is 1.17 bits per heavy atom. The summed E-state index contributed by atoms with van der Waals surface area (Å²) in [6.45, 7) is 6.77. The molecule has 0 radical (unpaired) electrons. The minimum absolute atomic E-state index is 0.0957. The summed E-state index contributed by atoms with van der Waals surface area (Å²) in [5, 5.41) is 2.67. The summed E-state index contributed by atoms with van der Waals surface area (Å²) in [7, 11) is 0. The quantitative estimate of drug-likeness (QED) is 0.921. The Labute approximate surface area is 133 Å². The van der Waals surface area contributed by atoms with Gasteiger partial charge in [-0.1, -0.05) is 26.8 Å². The van der Waals surface area contributed by atoms with E-state index in [4.69, 9.17) is 0 Å². The number of hydrogen-bond donors (Lipinski definition) is 1. The topological polar surface area (TPSA) is 49.4 Å². The molecule has 23 heavy (non-hydrogen) atoms. The summed E-state index contributed by atoms with van der Waals surface area (Å²) in [6, 6.07) is 4.56. The molecule has 0 bridgehead atoms. The van der Waals surface area contributed by atoms with Crippen LogP contribution in [-0.2, 0) is 15.8 Å². The third-order valence-corrected chi connectivity index (χ3v) is 3.17. The molecule has 0 atom stereocenters. The van der Waals surface area contributed by atoms with Crippen LogP contribution in [0.3, 0.4) is 0 Å². The van der Waals surface area contributed by atoms with Gasteiger partial charge in [0.2, 0.25) is 11.8 Å². The predicted octanol–water partition coefficient (Wildman–Crippen LogP) is 3.22. The minimum Gasteiger partial charge on any atom is -0.354 e. The fourth-order valence-corrected chi connectivity index (χ4v) is 1.86. The normalized spacial score (nSPS) is 12.0. The highest BCUT2D eigenvalue weighted by Gasteiger charge is 2.31. The molecule has 1 N–H and O–H groups in total. The minimum atomic E-state index is -4.47. The molecule has 1 aromatic carbocycles. The number of alkyl halides is 3. The Bertz CT molecular complexity index is 577. The van der Waals surface area contributed by atoms with Gasteiger partial charge in [0.15, 0.2) is 0 Å². The lowest BCUT2D eigenvalue weighted by atomic mass is 9.96. The van der Waals surface area contributed by atoms with E-state index in [2.05, 4.69) is 5.32 Å². The van der Waals surface area contributed by atoms with E-state index in [0.717, 1.165) is 12.1 Å². The summed E-state index contributed by atoms with van der Waals surface area (Å²) in [4.78, 5) is 24.7. The summed E-state index contributed by atoms with van der Waals surface area (Å²) in [5.41, 5.74) is -1.24. The molecule has 0 fully saturated rings. The van der Waals surface area contributed by atoms with E-state index < -0.39 is 23.1 Å². The SMILES string of the molecule is CC(=O)N(CCNC(=O)C(C)(C)C)c1cccc(C(F)(F)F)c1. The average molecular weight is 330 g/mol. The van der Waals surface area contributed by atoms with Crippen LogP contribution >= 0.6 is 0 Å². The highest BCUT2D eigenvalue weighted by atomic mass is 19.4. The van der Waals surface area contributed by atoms with Crippen LogP contribution in [0.5, 0.6) is 0 Å². The zero-order valence-corrected chi connectivity index (χ0v) is 13.6. The van der Waals surface area contributed by atoms with E-state index in [9.17, 15) is 22.8 Å². The number of hydrogen-bond acceptors (Lipinski definition) is 2. The first-order chi connectivity index (χ1) is 10.4. The Balaban J connectivity index is 2.84. The maximum Gasteiger partial charge on any atom is 0.416 e. The number of carbonyl (C=O) groups excluding carboxylic acids is 2. The standard InChI is InChI=1S/C16H21F3N2O2/c1-11(22)21(9-8-20-14(23)15(2,3)4)13-7-5-6-12(10-13)16(17,18)19/h5-7,10H,8-9H2,1-4H3,(H,20,23). The molecule has 0 aliphatic heterocycles. The van der Waals surface area contributed by atoms with Gasteiger partial charge in [-0.05, 0) is 18.2 Å². The van der Waals surface area contributed by atoms with Crippen LogP contribution in [-0.4, -0.2) is 24.9 Å². The van der Waals surface area contributed by atoms with Gasteiger partial charge < -0.3 is 10.2 Å². The number of halogens is 3. The first kappa shape index (κ1) is 19.0. The third kappa shape index (κ3) is 5.58. The van der Waals surface area contributed by atoms with Gasteiger partial charge in [0.25, 0.3) is 0 Å². The number of benzene rings is 1. The zero-order valence-electron chi connectivity index (χ0n) is 13.6. The first-order valence-corrected chi connectivity index (χ1v) is 7.16. The second-order valence-corrected chi connectivity index (χ2v) is 6.22. The van der Waals surface area contributed by atoms with Crippen LogP contribution in [0.15, 0.2) is 24.3 Å². The molecule has 1 rings (SSSR count). The van der Waals surface area contributed by atoms with E-state index in [1.807, 2.05) is 0 Å². The first-order valence-electron chi connectivity index (χ1n) is 7.16. The fraction of sp³-hybridized carbons (Fsp3) is 0.500. The van der Waals surface area contributed by atoms with Crippen molar-refractivity contribution in [2.75, 3.05) is 18.0 Å². The average Bonchev–Trinajstić information content (AvgIpc) is 2.41. The van der Waals surface area contributed by atoms with E-state index in [0.29, 0.717) is 0 Å². The Kier molecular flexibility index (Phi) is 5.80. The van der Waals surface area contributed by atoms with Crippen molar-refractivity contribution in [3.8, 4) is 0 Å². The van der Waals surface area contributed by atoms with Gasteiger partial charge in [-0.25, -0.2) is 0 Å². The van der Waals surface area contributed by atoms with Gasteiger partial charge in [0.05, 0.1) is 5.56 Å². The lowest BCUT2D eigenvalue weighted by Crippen LogP contribution is -2.41. The van der Waals surface area contributed by atoms with E-state index in [-0.39, 0.29) is 24.7 Å². The van der Waals surface area contributed by atoms with Gasteiger partial charge in [-0.2, -0.15) is 13.2 Å². The van der Waals surface area contributed by atoms with E-state index in [1.54, 1.807) is 20.8 Å². The number of amides is 2. The number of anilines is 1. The van der Waals surface area contributed by atoms with Gasteiger partial charge in [0, 0.05) is 31.1 Å². The number of nitrogens with one attached hydrogen (secondary N) is 1. The van der Waals surface area contributed by atoms with E-state index >= 15 is 0 Å². The second kappa shape index (κ2) is 7.02. The molecule has 0 aromatic heterocycles. The monoisotopic (exact) mass is 330 g/mol. The molecule has 0 aliphatic rings. The molecule has 2 amide bonds. The van der Waals surface area contributed by atoms with Crippen molar-refractivity contribution in [1.29, 1.82) is 0 Å². The van der Waals surface area contributed by atoms with Crippen LogP contribution in [0.1, 0.15) is 33.3 Å². The summed E-state index contributed by atoms with van der Waals surface area (Å²) in [6.07, 6.45) is -4.47. The maximum absolute atomic E-state index is 12.8. The van der Waals surface area contributed by atoms with Crippen molar-refractivity contribution >= 4 is 17.5 Å². The molecule has 4 nitrogen and oxygen atoms in total. The van der Waals surface area contributed by atoms with Crippen molar-refractivity contribution in [1.82, 2.24) is 5.32 Å². The van der Waals surface area contributed by atoms with Crippen LogP contribution in [0.2, 0.25) is 0 Å². The third-order valence-electron chi connectivity index (χ3n) is 3.17. The summed E-state index contributed by atoms with van der Waals surface area (Å²) in [5.74, 6) is -0.584.